The summed E-state index contributed by atoms with van der Waals surface area (Å²) in [6.45, 7) is 5.57. The predicted molar refractivity (Wildman–Crippen MR) is 63.1 cm³/mol. The van der Waals surface area contributed by atoms with Gasteiger partial charge in [-0.15, -0.1) is 0 Å². The van der Waals surface area contributed by atoms with Crippen molar-refractivity contribution in [2.45, 2.75) is 33.3 Å². The van der Waals surface area contributed by atoms with E-state index in [1.165, 1.54) is 7.11 Å². The third-order valence-corrected chi connectivity index (χ3v) is 2.60. The van der Waals surface area contributed by atoms with Gasteiger partial charge in [-0.2, -0.15) is 0 Å². The van der Waals surface area contributed by atoms with Crippen LogP contribution in [0.4, 0.5) is 0 Å². The molecular weight excluding hydrogens is 204 g/mol. The molecule has 0 bridgehead atoms. The van der Waals surface area contributed by atoms with Crippen LogP contribution >= 0.6 is 0 Å². The predicted octanol–water partition coefficient (Wildman–Crippen LogP) is 2.27. The van der Waals surface area contributed by atoms with Gasteiger partial charge in [0.15, 0.2) is 5.78 Å². The van der Waals surface area contributed by atoms with E-state index >= 15 is 0 Å². The Morgan fingerprint density at radius 2 is 2.06 bits per heavy atom. The monoisotopic (exact) mass is 222 g/mol. The number of hydrogen-bond acceptors (Lipinski definition) is 3. The number of aliphatic hydroxyl groups excluding tert-OH is 1. The van der Waals surface area contributed by atoms with Crippen LogP contribution in [0.25, 0.3) is 0 Å². The quantitative estimate of drug-likeness (QED) is 0.795. The maximum Gasteiger partial charge on any atom is 0.195 e. The van der Waals surface area contributed by atoms with Crippen molar-refractivity contribution in [2.24, 2.45) is 0 Å². The highest BCUT2D eigenvalue weighted by molar-refractivity contribution is 6.03. The zero-order valence-electron chi connectivity index (χ0n) is 10.2. The number of carbonyl (C=O) groups excluding carboxylic acids is 1. The minimum absolute atomic E-state index is 0.267. The van der Waals surface area contributed by atoms with Crippen molar-refractivity contribution in [2.75, 3.05) is 7.11 Å². The average molecular weight is 222 g/mol. The summed E-state index contributed by atoms with van der Waals surface area (Å²) in [5.74, 6) is 0.270. The molecule has 0 aliphatic carbocycles. The number of benzene rings is 1. The molecule has 0 saturated carbocycles. The van der Waals surface area contributed by atoms with Crippen molar-refractivity contribution in [3.8, 4) is 5.75 Å². The fourth-order valence-electron chi connectivity index (χ4n) is 1.76. The lowest BCUT2D eigenvalue weighted by molar-refractivity contribution is 0.0737. The Morgan fingerprint density at radius 1 is 1.44 bits per heavy atom. The van der Waals surface area contributed by atoms with Gasteiger partial charge in [-0.25, -0.2) is 0 Å². The van der Waals surface area contributed by atoms with Crippen molar-refractivity contribution in [3.63, 3.8) is 0 Å². The van der Waals surface area contributed by atoms with E-state index < -0.39 is 6.10 Å². The molecule has 3 nitrogen and oxygen atoms in total. The average Bonchev–Trinajstić information content (AvgIpc) is 2.26. The first-order valence-corrected chi connectivity index (χ1v) is 5.38. The largest absolute Gasteiger partial charge is 0.496 e. The Balaban J connectivity index is 3.26. The molecule has 1 aromatic carbocycles. The maximum atomic E-state index is 12.0. The SMILES string of the molecule is CCC(O)C(=O)c1c(C)cc(C)cc1OC. The zero-order valence-corrected chi connectivity index (χ0v) is 10.2. The number of methoxy groups -OCH3 is 1. The summed E-state index contributed by atoms with van der Waals surface area (Å²) >= 11 is 0. The van der Waals surface area contributed by atoms with Gasteiger partial charge in [-0.05, 0) is 37.5 Å². The molecule has 1 rings (SSSR count). The van der Waals surface area contributed by atoms with Crippen molar-refractivity contribution in [3.05, 3.63) is 28.8 Å². The van der Waals surface area contributed by atoms with Crippen LogP contribution in [0.3, 0.4) is 0 Å². The molecule has 1 atom stereocenters. The van der Waals surface area contributed by atoms with E-state index in [2.05, 4.69) is 0 Å². The first-order valence-electron chi connectivity index (χ1n) is 5.38. The summed E-state index contributed by atoms with van der Waals surface area (Å²) in [6, 6.07) is 3.72. The molecule has 0 aromatic heterocycles. The van der Waals surface area contributed by atoms with Crippen molar-refractivity contribution in [1.82, 2.24) is 0 Å². The third kappa shape index (κ3) is 2.42. The van der Waals surface area contributed by atoms with Crippen LogP contribution in [0.1, 0.15) is 34.8 Å². The van der Waals surface area contributed by atoms with Crippen LogP contribution in [0, 0.1) is 13.8 Å². The highest BCUT2D eigenvalue weighted by Gasteiger charge is 2.21. The van der Waals surface area contributed by atoms with Gasteiger partial charge in [0.25, 0.3) is 0 Å². The number of ketones is 1. The summed E-state index contributed by atoms with van der Waals surface area (Å²) in [6.07, 6.45) is -0.537. The molecule has 1 N–H and O–H groups in total. The molecule has 1 unspecified atom stereocenters. The number of aryl methyl sites for hydroxylation is 2. The van der Waals surface area contributed by atoms with Gasteiger partial charge in [0.2, 0.25) is 0 Å². The summed E-state index contributed by atoms with van der Waals surface area (Å²) < 4.78 is 5.19. The summed E-state index contributed by atoms with van der Waals surface area (Å²) in [4.78, 5) is 12.0. The van der Waals surface area contributed by atoms with Gasteiger partial charge in [0.05, 0.1) is 12.7 Å². The molecule has 0 amide bonds. The topological polar surface area (TPSA) is 46.5 Å². The van der Waals surface area contributed by atoms with Crippen LogP contribution in [0.5, 0.6) is 5.75 Å². The van der Waals surface area contributed by atoms with E-state index in [0.717, 1.165) is 11.1 Å². The number of aliphatic hydroxyl groups is 1. The van der Waals surface area contributed by atoms with Crippen LogP contribution in [-0.4, -0.2) is 24.1 Å². The number of ether oxygens (including phenoxy) is 1. The molecule has 0 aliphatic heterocycles. The minimum atomic E-state index is -0.949. The second-order valence-corrected chi connectivity index (χ2v) is 3.95. The van der Waals surface area contributed by atoms with Crippen molar-refractivity contribution >= 4 is 5.78 Å². The van der Waals surface area contributed by atoms with Crippen LogP contribution in [0.2, 0.25) is 0 Å². The normalized spacial score (nSPS) is 12.3. The first kappa shape index (κ1) is 12.7. The fourth-order valence-corrected chi connectivity index (χ4v) is 1.76. The van der Waals surface area contributed by atoms with Gasteiger partial charge in [-0.3, -0.25) is 4.79 Å². The number of Topliss-reactive ketones (excluding diaryl/α,β-unsaturated/α-hetero) is 1. The zero-order chi connectivity index (χ0) is 12.3. The molecular formula is C13H18O3. The molecule has 0 fully saturated rings. The summed E-state index contributed by atoms with van der Waals surface area (Å²) in [5.41, 5.74) is 2.37. The van der Waals surface area contributed by atoms with E-state index in [-0.39, 0.29) is 5.78 Å². The Kier molecular flexibility index (Phi) is 4.07. The molecule has 88 valence electrons. The van der Waals surface area contributed by atoms with Crippen LogP contribution < -0.4 is 4.74 Å². The van der Waals surface area contributed by atoms with E-state index in [0.29, 0.717) is 17.7 Å². The van der Waals surface area contributed by atoms with Gasteiger partial charge in [0, 0.05) is 0 Å². The fraction of sp³-hybridized carbons (Fsp3) is 0.462. The maximum absolute atomic E-state index is 12.0. The summed E-state index contributed by atoms with van der Waals surface area (Å²) in [5, 5.41) is 9.59. The van der Waals surface area contributed by atoms with Crippen LogP contribution in [-0.2, 0) is 0 Å². The van der Waals surface area contributed by atoms with Crippen LogP contribution in [0.15, 0.2) is 12.1 Å². The van der Waals surface area contributed by atoms with Gasteiger partial charge in [-0.1, -0.05) is 13.0 Å². The molecule has 0 aliphatic rings. The Morgan fingerprint density at radius 3 is 2.56 bits per heavy atom. The highest BCUT2D eigenvalue weighted by Crippen LogP contribution is 2.25. The first-order chi connectivity index (χ1) is 7.51. The van der Waals surface area contributed by atoms with Gasteiger partial charge >= 0.3 is 0 Å². The summed E-state index contributed by atoms with van der Waals surface area (Å²) in [7, 11) is 1.53. The second kappa shape index (κ2) is 5.12. The van der Waals surface area contributed by atoms with Gasteiger partial charge in [0.1, 0.15) is 11.9 Å². The molecule has 3 heteroatoms. The smallest absolute Gasteiger partial charge is 0.195 e. The lowest BCUT2D eigenvalue weighted by atomic mass is 9.97. The lowest BCUT2D eigenvalue weighted by Crippen LogP contribution is -2.21. The second-order valence-electron chi connectivity index (χ2n) is 3.95. The molecule has 0 saturated heterocycles. The Bertz CT molecular complexity index is 396. The van der Waals surface area contributed by atoms with E-state index in [1.54, 1.807) is 6.92 Å². The van der Waals surface area contributed by atoms with E-state index in [9.17, 15) is 9.90 Å². The molecule has 0 spiro atoms. The Hall–Kier alpha value is -1.35. The Labute approximate surface area is 96.1 Å². The number of carbonyl (C=O) groups is 1. The molecule has 16 heavy (non-hydrogen) atoms. The van der Waals surface area contributed by atoms with E-state index in [1.807, 2.05) is 26.0 Å². The third-order valence-electron chi connectivity index (χ3n) is 2.60. The van der Waals surface area contributed by atoms with Gasteiger partial charge < -0.3 is 9.84 Å². The highest BCUT2D eigenvalue weighted by atomic mass is 16.5. The minimum Gasteiger partial charge on any atom is -0.496 e. The van der Waals surface area contributed by atoms with E-state index in [4.69, 9.17) is 4.74 Å². The number of hydrogen-bond donors (Lipinski definition) is 1. The molecule has 1 aromatic rings. The molecule has 0 radical (unpaired) electrons. The van der Waals surface area contributed by atoms with Crippen molar-refractivity contribution in [1.29, 1.82) is 0 Å². The lowest BCUT2D eigenvalue weighted by Gasteiger charge is -2.14. The molecule has 0 heterocycles. The number of rotatable bonds is 4. The van der Waals surface area contributed by atoms with Crippen molar-refractivity contribution < 1.29 is 14.6 Å². The standard InChI is InChI=1S/C13H18O3/c1-5-10(14)13(15)12-9(3)6-8(2)7-11(12)16-4/h6-7,10,14H,5H2,1-4H3.